The van der Waals surface area contributed by atoms with E-state index in [-0.39, 0.29) is 17.0 Å². The minimum absolute atomic E-state index is 0.124. The first-order valence-corrected chi connectivity index (χ1v) is 5.42. The second-order valence-electron chi connectivity index (χ2n) is 3.72. The lowest BCUT2D eigenvalue weighted by Gasteiger charge is -2.06. The quantitative estimate of drug-likeness (QED) is 0.429. The number of nitrogens with zero attached hydrogens (tertiary/aromatic N) is 3. The van der Waals surface area contributed by atoms with Crippen LogP contribution >= 0.6 is 0 Å². The molecule has 100 valence electrons. The van der Waals surface area contributed by atoms with Crippen molar-refractivity contribution in [3.8, 4) is 12.1 Å². The average molecular weight is 269 g/mol. The van der Waals surface area contributed by atoms with Crippen LogP contribution in [0.3, 0.4) is 0 Å². The van der Waals surface area contributed by atoms with E-state index in [4.69, 9.17) is 21.4 Å². The summed E-state index contributed by atoms with van der Waals surface area (Å²) in [5.41, 5.74) is 6.23. The van der Waals surface area contributed by atoms with Gasteiger partial charge in [-0.05, 0) is 24.6 Å². The molecular weight excluding hydrogens is 258 g/mol. The zero-order valence-electron chi connectivity index (χ0n) is 10.6. The zero-order valence-corrected chi connectivity index (χ0v) is 10.6. The van der Waals surface area contributed by atoms with Crippen LogP contribution < -0.4 is 11.1 Å². The third kappa shape index (κ3) is 3.59. The summed E-state index contributed by atoms with van der Waals surface area (Å²) in [6.07, 6.45) is 1.18. The number of benzene rings is 1. The lowest BCUT2D eigenvalue weighted by atomic mass is 10.1. The summed E-state index contributed by atoms with van der Waals surface area (Å²) < 4.78 is 0. The van der Waals surface area contributed by atoms with Gasteiger partial charge in [-0.2, -0.15) is 10.5 Å². The van der Waals surface area contributed by atoms with Crippen molar-refractivity contribution in [1.29, 1.82) is 10.5 Å². The molecule has 7 heteroatoms. The second kappa shape index (κ2) is 6.57. The van der Waals surface area contributed by atoms with Crippen molar-refractivity contribution in [2.45, 2.75) is 6.92 Å². The Labute approximate surface area is 115 Å². The molecule has 0 unspecified atom stereocenters. The molecule has 0 fully saturated rings. The minimum atomic E-state index is -1.05. The molecule has 1 aromatic carbocycles. The number of carboxylic acid groups (broad SMARTS) is 1. The van der Waals surface area contributed by atoms with Crippen LogP contribution in [0.2, 0.25) is 0 Å². The van der Waals surface area contributed by atoms with Gasteiger partial charge in [0.25, 0.3) is 0 Å². The van der Waals surface area contributed by atoms with Crippen LogP contribution in [-0.2, 0) is 0 Å². The molecule has 20 heavy (non-hydrogen) atoms. The zero-order chi connectivity index (χ0) is 15.1. The fourth-order valence-electron chi connectivity index (χ4n) is 1.29. The van der Waals surface area contributed by atoms with Crippen LogP contribution in [0.4, 0.5) is 5.69 Å². The fourth-order valence-corrected chi connectivity index (χ4v) is 1.29. The average Bonchev–Trinajstić information content (AvgIpc) is 2.44. The highest BCUT2D eigenvalue weighted by Crippen LogP contribution is 2.16. The van der Waals surface area contributed by atoms with Crippen molar-refractivity contribution < 1.29 is 9.90 Å². The number of hydrogen-bond acceptors (Lipinski definition) is 5. The van der Waals surface area contributed by atoms with Crippen molar-refractivity contribution in [2.75, 3.05) is 5.32 Å². The van der Waals surface area contributed by atoms with Gasteiger partial charge in [-0.25, -0.2) is 9.79 Å². The van der Waals surface area contributed by atoms with Crippen LogP contribution in [0.25, 0.3) is 0 Å². The summed E-state index contributed by atoms with van der Waals surface area (Å²) in [6, 6.07) is 7.86. The predicted octanol–water partition coefficient (Wildman–Crippen LogP) is 1.35. The third-order valence-corrected chi connectivity index (χ3v) is 2.38. The Kier molecular flexibility index (Phi) is 4.84. The van der Waals surface area contributed by atoms with E-state index in [2.05, 4.69) is 10.3 Å². The summed E-state index contributed by atoms with van der Waals surface area (Å²) >= 11 is 0. The van der Waals surface area contributed by atoms with Crippen molar-refractivity contribution in [2.24, 2.45) is 10.7 Å². The van der Waals surface area contributed by atoms with Crippen LogP contribution in [0.5, 0.6) is 0 Å². The Morgan fingerprint density at radius 2 is 2.15 bits per heavy atom. The van der Waals surface area contributed by atoms with Gasteiger partial charge in [0.2, 0.25) is 0 Å². The number of aromatic carboxylic acids is 1. The molecule has 7 nitrogen and oxygen atoms in total. The molecule has 0 aliphatic heterocycles. The molecule has 0 saturated carbocycles. The maximum atomic E-state index is 10.9. The second-order valence-corrected chi connectivity index (χ2v) is 3.72. The maximum Gasteiger partial charge on any atom is 0.335 e. The van der Waals surface area contributed by atoms with Gasteiger partial charge in [0, 0.05) is 5.69 Å². The number of hydrogen-bond donors (Lipinski definition) is 3. The largest absolute Gasteiger partial charge is 0.478 e. The number of aliphatic imine (C=N–C) groups is 1. The molecule has 0 atom stereocenters. The number of aryl methyl sites for hydroxylation is 1. The van der Waals surface area contributed by atoms with E-state index in [0.717, 1.165) is 5.56 Å². The Morgan fingerprint density at radius 3 is 2.70 bits per heavy atom. The molecule has 0 spiro atoms. The molecule has 0 heterocycles. The van der Waals surface area contributed by atoms with Gasteiger partial charge in [-0.3, -0.25) is 0 Å². The first kappa shape index (κ1) is 14.7. The molecule has 0 aliphatic carbocycles. The van der Waals surface area contributed by atoms with E-state index in [0.29, 0.717) is 5.69 Å². The van der Waals surface area contributed by atoms with E-state index in [9.17, 15) is 4.79 Å². The standard InChI is InChI=1S/C13H11N5O2/c1-8-2-3-9(13(19)20)4-11(8)17-7-18-12(6-15)10(16)5-14/h2-4,7H,16H2,1H3,(H,17,18)(H,19,20)/b12-10-. The summed E-state index contributed by atoms with van der Waals surface area (Å²) in [5.74, 6) is -1.05. The predicted molar refractivity (Wildman–Crippen MR) is 72.7 cm³/mol. The molecule has 0 aromatic heterocycles. The number of nitrogens with one attached hydrogen (secondary N) is 1. The Morgan fingerprint density at radius 1 is 1.45 bits per heavy atom. The lowest BCUT2D eigenvalue weighted by molar-refractivity contribution is 0.0697. The minimum Gasteiger partial charge on any atom is -0.478 e. The topological polar surface area (TPSA) is 135 Å². The van der Waals surface area contributed by atoms with Gasteiger partial charge in [0.1, 0.15) is 17.8 Å². The molecule has 1 rings (SSSR count). The monoisotopic (exact) mass is 269 g/mol. The van der Waals surface area contributed by atoms with E-state index in [1.807, 2.05) is 0 Å². The van der Waals surface area contributed by atoms with Crippen LogP contribution in [0.15, 0.2) is 34.6 Å². The highest BCUT2D eigenvalue weighted by molar-refractivity contribution is 5.90. The smallest absolute Gasteiger partial charge is 0.335 e. The molecule has 0 saturated heterocycles. The van der Waals surface area contributed by atoms with Gasteiger partial charge >= 0.3 is 5.97 Å². The molecule has 0 aliphatic rings. The number of carbonyl (C=O) groups is 1. The van der Waals surface area contributed by atoms with Crippen molar-refractivity contribution in [3.63, 3.8) is 0 Å². The first-order valence-electron chi connectivity index (χ1n) is 5.42. The lowest BCUT2D eigenvalue weighted by Crippen LogP contribution is -2.03. The third-order valence-electron chi connectivity index (χ3n) is 2.38. The van der Waals surface area contributed by atoms with Crippen LogP contribution in [0.1, 0.15) is 15.9 Å². The number of nitrogens with two attached hydrogens (primary N) is 1. The number of nitriles is 2. The Hall–Kier alpha value is -3.32. The molecule has 4 N–H and O–H groups in total. The first-order chi connectivity index (χ1) is 9.49. The SMILES string of the molecule is Cc1ccc(C(=O)O)cc1NC=N/C(C#N)=C(\N)C#N. The number of carboxylic acids is 1. The van der Waals surface area contributed by atoms with E-state index >= 15 is 0 Å². The van der Waals surface area contributed by atoms with E-state index < -0.39 is 5.97 Å². The van der Waals surface area contributed by atoms with E-state index in [1.54, 1.807) is 25.1 Å². The number of allylic oxidation sites excluding steroid dienone is 2. The fraction of sp³-hybridized carbons (Fsp3) is 0.0769. The molecule has 1 aromatic rings. The summed E-state index contributed by atoms with van der Waals surface area (Å²) in [7, 11) is 0. The van der Waals surface area contributed by atoms with Gasteiger partial charge in [-0.1, -0.05) is 6.07 Å². The normalized spacial score (nSPS) is 11.3. The number of rotatable bonds is 4. The molecular formula is C13H11N5O2. The Bertz CT molecular complexity index is 677. The summed E-state index contributed by atoms with van der Waals surface area (Å²) in [5, 5.41) is 28.9. The van der Waals surface area contributed by atoms with Gasteiger partial charge in [0.15, 0.2) is 5.70 Å². The Balaban J connectivity index is 2.96. The van der Waals surface area contributed by atoms with Crippen LogP contribution in [-0.4, -0.2) is 17.4 Å². The van der Waals surface area contributed by atoms with E-state index in [1.165, 1.54) is 18.5 Å². The van der Waals surface area contributed by atoms with Gasteiger partial charge in [-0.15, -0.1) is 0 Å². The van der Waals surface area contributed by atoms with Crippen molar-refractivity contribution in [1.82, 2.24) is 0 Å². The summed E-state index contributed by atoms with van der Waals surface area (Å²) in [6.45, 7) is 1.78. The molecule has 0 radical (unpaired) electrons. The van der Waals surface area contributed by atoms with Gasteiger partial charge in [0.05, 0.1) is 11.9 Å². The van der Waals surface area contributed by atoms with Crippen molar-refractivity contribution >= 4 is 18.0 Å². The van der Waals surface area contributed by atoms with Gasteiger partial charge < -0.3 is 16.2 Å². The molecule has 0 amide bonds. The van der Waals surface area contributed by atoms with Crippen molar-refractivity contribution in [3.05, 3.63) is 40.7 Å². The van der Waals surface area contributed by atoms with Crippen LogP contribution in [0, 0.1) is 29.6 Å². The number of anilines is 1. The molecule has 0 bridgehead atoms. The summed E-state index contributed by atoms with van der Waals surface area (Å²) in [4.78, 5) is 14.6. The highest BCUT2D eigenvalue weighted by atomic mass is 16.4. The maximum absolute atomic E-state index is 10.9. The highest BCUT2D eigenvalue weighted by Gasteiger charge is 2.05.